The minimum absolute atomic E-state index is 0.269. The first-order valence-electron chi connectivity index (χ1n) is 7.71. The van der Waals surface area contributed by atoms with Gasteiger partial charge < -0.3 is 9.15 Å². The Bertz CT molecular complexity index is 856. The molecule has 0 fully saturated rings. The summed E-state index contributed by atoms with van der Waals surface area (Å²) in [5, 5.41) is 7.98. The molecule has 0 aliphatic rings. The number of carbonyl (C=O) groups is 1. The number of nitrogens with zero attached hydrogens (tertiary/aromatic N) is 2. The van der Waals surface area contributed by atoms with E-state index in [0.717, 1.165) is 16.7 Å². The van der Waals surface area contributed by atoms with Crippen molar-refractivity contribution in [2.24, 2.45) is 0 Å². The lowest BCUT2D eigenvalue weighted by Gasteiger charge is -2.10. The first kappa shape index (κ1) is 15.9. The van der Waals surface area contributed by atoms with Crippen LogP contribution in [-0.2, 0) is 4.74 Å². The van der Waals surface area contributed by atoms with E-state index in [1.165, 1.54) is 0 Å². The molecule has 2 aromatic carbocycles. The molecule has 5 heteroatoms. The third kappa shape index (κ3) is 3.35. The summed E-state index contributed by atoms with van der Waals surface area (Å²) < 4.78 is 11.0. The molecule has 0 saturated carbocycles. The van der Waals surface area contributed by atoms with E-state index in [4.69, 9.17) is 9.15 Å². The van der Waals surface area contributed by atoms with Crippen molar-refractivity contribution in [3.63, 3.8) is 0 Å². The van der Waals surface area contributed by atoms with Gasteiger partial charge in [-0.2, -0.15) is 0 Å². The maximum Gasteiger partial charge on any atom is 0.338 e. The van der Waals surface area contributed by atoms with Crippen LogP contribution in [0.3, 0.4) is 0 Å². The van der Waals surface area contributed by atoms with Crippen LogP contribution in [0.1, 0.15) is 40.4 Å². The summed E-state index contributed by atoms with van der Waals surface area (Å²) in [4.78, 5) is 12.3. The molecule has 0 saturated heterocycles. The van der Waals surface area contributed by atoms with Gasteiger partial charge in [-0.25, -0.2) is 4.79 Å². The maximum atomic E-state index is 12.3. The van der Waals surface area contributed by atoms with E-state index in [2.05, 4.69) is 10.2 Å². The van der Waals surface area contributed by atoms with Crippen molar-refractivity contribution >= 4 is 5.97 Å². The molecule has 0 amide bonds. The van der Waals surface area contributed by atoms with Gasteiger partial charge in [-0.15, -0.1) is 10.2 Å². The molecule has 1 heterocycles. The van der Waals surface area contributed by atoms with Crippen LogP contribution in [0.2, 0.25) is 0 Å². The topological polar surface area (TPSA) is 65.2 Å². The fraction of sp³-hybridized carbons (Fsp3) is 0.211. The van der Waals surface area contributed by atoms with Gasteiger partial charge in [-0.3, -0.25) is 0 Å². The highest BCUT2D eigenvalue weighted by Crippen LogP contribution is 2.23. The lowest BCUT2D eigenvalue weighted by Crippen LogP contribution is -2.10. The van der Waals surface area contributed by atoms with Crippen LogP contribution < -0.4 is 0 Å². The molecule has 0 radical (unpaired) electrons. The molecule has 5 nitrogen and oxygen atoms in total. The molecule has 0 unspecified atom stereocenters. The number of hydrogen-bond donors (Lipinski definition) is 0. The molecule has 3 aromatic rings. The van der Waals surface area contributed by atoms with Crippen LogP contribution >= 0.6 is 0 Å². The Labute approximate surface area is 140 Å². The zero-order valence-electron chi connectivity index (χ0n) is 13.8. The Morgan fingerprint density at radius 2 is 1.79 bits per heavy atom. The smallest absolute Gasteiger partial charge is 0.338 e. The molecule has 122 valence electrons. The fourth-order valence-corrected chi connectivity index (χ4v) is 2.24. The number of carbonyl (C=O) groups excluding carboxylic acids is 1. The summed E-state index contributed by atoms with van der Waals surface area (Å²) in [6, 6.07) is 14.9. The molecule has 1 aromatic heterocycles. The van der Waals surface area contributed by atoms with Crippen LogP contribution in [0.5, 0.6) is 0 Å². The Kier molecular flexibility index (Phi) is 4.42. The Hall–Kier alpha value is -2.95. The molecular weight excluding hydrogens is 304 g/mol. The predicted octanol–water partition coefficient (Wildman–Crippen LogP) is 4.27. The summed E-state index contributed by atoms with van der Waals surface area (Å²) >= 11 is 0. The van der Waals surface area contributed by atoms with Gasteiger partial charge >= 0.3 is 5.97 Å². The average molecular weight is 322 g/mol. The number of aromatic nitrogens is 2. The quantitative estimate of drug-likeness (QED) is 0.671. The van der Waals surface area contributed by atoms with E-state index in [9.17, 15) is 4.79 Å². The van der Waals surface area contributed by atoms with E-state index in [-0.39, 0.29) is 5.89 Å². The van der Waals surface area contributed by atoms with Crippen molar-refractivity contribution in [1.82, 2.24) is 10.2 Å². The minimum Gasteiger partial charge on any atom is -0.449 e. The van der Waals surface area contributed by atoms with Crippen LogP contribution in [0.25, 0.3) is 11.5 Å². The van der Waals surface area contributed by atoms with Crippen molar-refractivity contribution in [3.05, 3.63) is 71.1 Å². The Balaban J connectivity index is 1.73. The second-order valence-corrected chi connectivity index (χ2v) is 5.66. The second kappa shape index (κ2) is 6.66. The van der Waals surface area contributed by atoms with Crippen LogP contribution in [0, 0.1) is 13.8 Å². The molecule has 0 aliphatic carbocycles. The van der Waals surface area contributed by atoms with Gasteiger partial charge in [0.2, 0.25) is 5.89 Å². The average Bonchev–Trinajstić information content (AvgIpc) is 3.08. The fourth-order valence-electron chi connectivity index (χ4n) is 2.24. The normalized spacial score (nSPS) is 12.0. The summed E-state index contributed by atoms with van der Waals surface area (Å²) in [5.41, 5.74) is 3.50. The van der Waals surface area contributed by atoms with Gasteiger partial charge in [-0.1, -0.05) is 24.3 Å². The van der Waals surface area contributed by atoms with Crippen LogP contribution in [0.15, 0.2) is 52.9 Å². The second-order valence-electron chi connectivity index (χ2n) is 5.66. The molecule has 0 N–H and O–H groups in total. The lowest BCUT2D eigenvalue weighted by molar-refractivity contribution is 0.0280. The maximum absolute atomic E-state index is 12.3. The van der Waals surface area contributed by atoms with E-state index in [1.807, 2.05) is 56.3 Å². The third-order valence-electron chi connectivity index (χ3n) is 3.84. The number of benzene rings is 2. The number of ether oxygens (including phenoxy) is 1. The monoisotopic (exact) mass is 322 g/mol. The Morgan fingerprint density at radius 1 is 1.04 bits per heavy atom. The van der Waals surface area contributed by atoms with E-state index in [0.29, 0.717) is 11.5 Å². The summed E-state index contributed by atoms with van der Waals surface area (Å²) in [7, 11) is 0. The van der Waals surface area contributed by atoms with Gasteiger partial charge in [0.1, 0.15) is 0 Å². The number of rotatable bonds is 4. The molecule has 3 rings (SSSR count). The minimum atomic E-state index is -0.621. The van der Waals surface area contributed by atoms with E-state index < -0.39 is 12.1 Å². The van der Waals surface area contributed by atoms with Crippen molar-refractivity contribution in [2.45, 2.75) is 26.9 Å². The molecule has 1 atom stereocenters. The van der Waals surface area contributed by atoms with Crippen LogP contribution in [0.4, 0.5) is 0 Å². The Morgan fingerprint density at radius 3 is 2.50 bits per heavy atom. The lowest BCUT2D eigenvalue weighted by atomic mass is 10.1. The van der Waals surface area contributed by atoms with E-state index in [1.54, 1.807) is 13.0 Å². The SMILES string of the molecule is Cc1ccc(C(=O)O[C@H](C)c2nnc(-c3ccccc3)o2)cc1C. The van der Waals surface area contributed by atoms with Gasteiger partial charge in [-0.05, 0) is 56.2 Å². The number of esters is 1. The molecule has 0 spiro atoms. The predicted molar refractivity (Wildman–Crippen MR) is 89.5 cm³/mol. The van der Waals surface area contributed by atoms with Crippen molar-refractivity contribution in [3.8, 4) is 11.5 Å². The van der Waals surface area contributed by atoms with Crippen molar-refractivity contribution < 1.29 is 13.9 Å². The first-order chi connectivity index (χ1) is 11.5. The van der Waals surface area contributed by atoms with Gasteiger partial charge in [0, 0.05) is 5.56 Å². The van der Waals surface area contributed by atoms with Crippen molar-refractivity contribution in [2.75, 3.05) is 0 Å². The van der Waals surface area contributed by atoms with Gasteiger partial charge in [0.25, 0.3) is 5.89 Å². The van der Waals surface area contributed by atoms with Crippen molar-refractivity contribution in [1.29, 1.82) is 0 Å². The number of aryl methyl sites for hydroxylation is 2. The summed E-state index contributed by atoms with van der Waals surface area (Å²) in [6.07, 6.45) is -0.621. The largest absolute Gasteiger partial charge is 0.449 e. The third-order valence-corrected chi connectivity index (χ3v) is 3.84. The zero-order valence-corrected chi connectivity index (χ0v) is 13.8. The standard InChI is InChI=1S/C19H18N2O3/c1-12-9-10-16(11-13(12)2)19(22)23-14(3)17-20-21-18(24-17)15-7-5-4-6-8-15/h4-11,14H,1-3H3/t14-/m1/s1. The van der Waals surface area contributed by atoms with Gasteiger partial charge in [0.05, 0.1) is 5.56 Å². The highest BCUT2D eigenvalue weighted by Gasteiger charge is 2.20. The summed E-state index contributed by atoms with van der Waals surface area (Å²) in [6.45, 7) is 5.66. The molecular formula is C19H18N2O3. The summed E-state index contributed by atoms with van der Waals surface area (Å²) in [5.74, 6) is 0.260. The van der Waals surface area contributed by atoms with Gasteiger partial charge in [0.15, 0.2) is 6.10 Å². The molecule has 0 aliphatic heterocycles. The first-order valence-corrected chi connectivity index (χ1v) is 7.71. The highest BCUT2D eigenvalue weighted by molar-refractivity contribution is 5.89. The highest BCUT2D eigenvalue weighted by atomic mass is 16.6. The van der Waals surface area contributed by atoms with E-state index >= 15 is 0 Å². The molecule has 24 heavy (non-hydrogen) atoms. The number of hydrogen-bond acceptors (Lipinski definition) is 5. The molecule has 0 bridgehead atoms. The van der Waals surface area contributed by atoms with Crippen LogP contribution in [-0.4, -0.2) is 16.2 Å². The zero-order chi connectivity index (χ0) is 17.1.